The van der Waals surface area contributed by atoms with E-state index in [2.05, 4.69) is 17.1 Å². The van der Waals surface area contributed by atoms with Gasteiger partial charge in [-0.1, -0.05) is 6.92 Å². The number of rotatable bonds is 2. The van der Waals surface area contributed by atoms with E-state index in [9.17, 15) is 0 Å². The summed E-state index contributed by atoms with van der Waals surface area (Å²) < 4.78 is 0. The minimum absolute atomic E-state index is 0.897. The topological polar surface area (TPSA) is 15.3 Å². The van der Waals surface area contributed by atoms with Crippen molar-refractivity contribution in [2.45, 2.75) is 51.1 Å². The lowest BCUT2D eigenvalue weighted by Gasteiger charge is -2.35. The number of piperidine rings is 1. The highest BCUT2D eigenvalue weighted by atomic mass is 15.2. The second kappa shape index (κ2) is 4.43. The summed E-state index contributed by atoms with van der Waals surface area (Å²) in [6, 6.07) is 1.80. The fraction of sp³-hybridized carbons (Fsp3) is 1.00. The third-order valence-corrected chi connectivity index (χ3v) is 3.67. The SMILES string of the molecule is CCC1CCCN1C1CCNCC1. The van der Waals surface area contributed by atoms with Crippen molar-refractivity contribution in [2.24, 2.45) is 0 Å². The third kappa shape index (κ3) is 2.05. The molecule has 13 heavy (non-hydrogen) atoms. The molecule has 0 aliphatic carbocycles. The van der Waals surface area contributed by atoms with Gasteiger partial charge in [-0.25, -0.2) is 0 Å². The monoisotopic (exact) mass is 182 g/mol. The molecular weight excluding hydrogens is 160 g/mol. The van der Waals surface area contributed by atoms with Gasteiger partial charge < -0.3 is 5.32 Å². The summed E-state index contributed by atoms with van der Waals surface area (Å²) in [5, 5.41) is 3.44. The van der Waals surface area contributed by atoms with Crippen molar-refractivity contribution in [3.8, 4) is 0 Å². The zero-order valence-electron chi connectivity index (χ0n) is 8.76. The minimum Gasteiger partial charge on any atom is -0.317 e. The molecule has 1 unspecified atom stereocenters. The van der Waals surface area contributed by atoms with Crippen LogP contribution in [-0.4, -0.2) is 36.6 Å². The van der Waals surface area contributed by atoms with Crippen LogP contribution in [0.25, 0.3) is 0 Å². The average molecular weight is 182 g/mol. The van der Waals surface area contributed by atoms with Gasteiger partial charge >= 0.3 is 0 Å². The van der Waals surface area contributed by atoms with E-state index in [0.717, 1.165) is 12.1 Å². The Morgan fingerprint density at radius 2 is 2.00 bits per heavy atom. The predicted octanol–water partition coefficient (Wildman–Crippen LogP) is 1.61. The summed E-state index contributed by atoms with van der Waals surface area (Å²) in [5.74, 6) is 0. The highest BCUT2D eigenvalue weighted by molar-refractivity contribution is 4.86. The molecule has 2 saturated heterocycles. The molecule has 0 radical (unpaired) electrons. The second-order valence-corrected chi connectivity index (χ2v) is 4.42. The lowest BCUT2D eigenvalue weighted by Crippen LogP contribution is -2.45. The maximum Gasteiger partial charge on any atom is 0.0122 e. The van der Waals surface area contributed by atoms with Crippen molar-refractivity contribution in [3.63, 3.8) is 0 Å². The summed E-state index contributed by atoms with van der Waals surface area (Å²) in [7, 11) is 0. The molecule has 0 aromatic carbocycles. The van der Waals surface area contributed by atoms with Crippen LogP contribution in [0.1, 0.15) is 39.0 Å². The van der Waals surface area contributed by atoms with Gasteiger partial charge in [0, 0.05) is 12.1 Å². The standard InChI is InChI=1S/C11H22N2/c1-2-10-4-3-9-13(10)11-5-7-12-8-6-11/h10-12H,2-9H2,1H3. The number of nitrogens with one attached hydrogen (secondary N) is 1. The Balaban J connectivity index is 1.90. The Morgan fingerprint density at radius 1 is 1.23 bits per heavy atom. The Bertz CT molecular complexity index is 152. The predicted molar refractivity (Wildman–Crippen MR) is 55.9 cm³/mol. The van der Waals surface area contributed by atoms with Crippen molar-refractivity contribution >= 4 is 0 Å². The van der Waals surface area contributed by atoms with Crippen molar-refractivity contribution in [1.82, 2.24) is 10.2 Å². The number of hydrogen-bond donors (Lipinski definition) is 1. The van der Waals surface area contributed by atoms with E-state index in [1.807, 2.05) is 0 Å². The van der Waals surface area contributed by atoms with E-state index in [-0.39, 0.29) is 0 Å². The van der Waals surface area contributed by atoms with Crippen molar-refractivity contribution < 1.29 is 0 Å². The fourth-order valence-corrected chi connectivity index (χ4v) is 2.92. The van der Waals surface area contributed by atoms with E-state index in [4.69, 9.17) is 0 Å². The summed E-state index contributed by atoms with van der Waals surface area (Å²) in [6.07, 6.45) is 6.97. The number of nitrogens with zero attached hydrogens (tertiary/aromatic N) is 1. The molecule has 1 N–H and O–H groups in total. The van der Waals surface area contributed by atoms with Crippen LogP contribution in [0.3, 0.4) is 0 Å². The minimum atomic E-state index is 0.897. The molecule has 0 saturated carbocycles. The Kier molecular flexibility index (Phi) is 3.23. The van der Waals surface area contributed by atoms with Crippen LogP contribution in [0.4, 0.5) is 0 Å². The molecule has 2 heterocycles. The molecule has 76 valence electrons. The second-order valence-electron chi connectivity index (χ2n) is 4.42. The van der Waals surface area contributed by atoms with Crippen LogP contribution in [-0.2, 0) is 0 Å². The van der Waals surface area contributed by atoms with Crippen molar-refractivity contribution in [1.29, 1.82) is 0 Å². The van der Waals surface area contributed by atoms with Crippen LogP contribution in [0.2, 0.25) is 0 Å². The van der Waals surface area contributed by atoms with E-state index in [1.54, 1.807) is 0 Å². The van der Waals surface area contributed by atoms with E-state index in [1.165, 1.54) is 51.7 Å². The maximum atomic E-state index is 3.44. The van der Waals surface area contributed by atoms with Gasteiger partial charge in [-0.05, 0) is 51.7 Å². The van der Waals surface area contributed by atoms with Gasteiger partial charge in [-0.15, -0.1) is 0 Å². The van der Waals surface area contributed by atoms with Gasteiger partial charge in [0.05, 0.1) is 0 Å². The van der Waals surface area contributed by atoms with Crippen LogP contribution in [0.15, 0.2) is 0 Å². The first-order valence-electron chi connectivity index (χ1n) is 5.88. The van der Waals surface area contributed by atoms with Crippen LogP contribution in [0.5, 0.6) is 0 Å². The molecule has 2 aliphatic heterocycles. The summed E-state index contributed by atoms with van der Waals surface area (Å²) in [5.41, 5.74) is 0. The lowest BCUT2D eigenvalue weighted by atomic mass is 10.0. The van der Waals surface area contributed by atoms with Gasteiger partial charge in [0.25, 0.3) is 0 Å². The fourth-order valence-electron chi connectivity index (χ4n) is 2.92. The van der Waals surface area contributed by atoms with Crippen LogP contribution < -0.4 is 5.32 Å². The van der Waals surface area contributed by atoms with Crippen LogP contribution >= 0.6 is 0 Å². The summed E-state index contributed by atoms with van der Waals surface area (Å²) in [6.45, 7) is 6.17. The van der Waals surface area contributed by atoms with E-state index >= 15 is 0 Å². The molecule has 0 spiro atoms. The highest BCUT2D eigenvalue weighted by Gasteiger charge is 2.29. The highest BCUT2D eigenvalue weighted by Crippen LogP contribution is 2.25. The zero-order chi connectivity index (χ0) is 9.10. The third-order valence-electron chi connectivity index (χ3n) is 3.67. The first-order valence-corrected chi connectivity index (χ1v) is 5.88. The maximum absolute atomic E-state index is 3.44. The lowest BCUT2D eigenvalue weighted by molar-refractivity contribution is 0.145. The summed E-state index contributed by atoms with van der Waals surface area (Å²) >= 11 is 0. The molecule has 0 bridgehead atoms. The molecule has 2 nitrogen and oxygen atoms in total. The van der Waals surface area contributed by atoms with Gasteiger partial charge in [0.2, 0.25) is 0 Å². The Morgan fingerprint density at radius 3 is 2.69 bits per heavy atom. The van der Waals surface area contributed by atoms with Gasteiger partial charge in [0.1, 0.15) is 0 Å². The molecule has 2 rings (SSSR count). The van der Waals surface area contributed by atoms with Crippen LogP contribution in [0, 0.1) is 0 Å². The molecule has 0 aromatic rings. The van der Waals surface area contributed by atoms with Crippen molar-refractivity contribution in [2.75, 3.05) is 19.6 Å². The van der Waals surface area contributed by atoms with Gasteiger partial charge in [0.15, 0.2) is 0 Å². The molecule has 2 heteroatoms. The van der Waals surface area contributed by atoms with Crippen molar-refractivity contribution in [3.05, 3.63) is 0 Å². The first-order chi connectivity index (χ1) is 6.42. The normalized spacial score (nSPS) is 32.5. The Labute approximate surface area is 81.7 Å². The molecule has 0 aromatic heterocycles. The quantitative estimate of drug-likeness (QED) is 0.698. The smallest absolute Gasteiger partial charge is 0.0122 e. The molecular formula is C11H22N2. The summed E-state index contributed by atoms with van der Waals surface area (Å²) in [4.78, 5) is 2.78. The molecule has 2 fully saturated rings. The molecule has 2 aliphatic rings. The average Bonchev–Trinajstić information content (AvgIpc) is 2.67. The number of likely N-dealkylation sites (tertiary alicyclic amines) is 1. The van der Waals surface area contributed by atoms with E-state index < -0.39 is 0 Å². The number of hydrogen-bond acceptors (Lipinski definition) is 2. The molecule has 1 atom stereocenters. The zero-order valence-corrected chi connectivity index (χ0v) is 8.76. The molecule has 0 amide bonds. The Hall–Kier alpha value is -0.0800. The largest absolute Gasteiger partial charge is 0.317 e. The van der Waals surface area contributed by atoms with E-state index in [0.29, 0.717) is 0 Å². The van der Waals surface area contributed by atoms with Gasteiger partial charge in [-0.2, -0.15) is 0 Å². The first kappa shape index (κ1) is 9.47. The van der Waals surface area contributed by atoms with Gasteiger partial charge in [-0.3, -0.25) is 4.90 Å².